The molecule has 1 aromatic heterocycles. The number of fused-ring (bicyclic) bond motifs is 1. The van der Waals surface area contributed by atoms with Crippen molar-refractivity contribution in [2.24, 2.45) is 4.99 Å². The molecule has 5 nitrogen and oxygen atoms in total. The van der Waals surface area contributed by atoms with E-state index in [-0.39, 0.29) is 5.71 Å². The zero-order chi connectivity index (χ0) is 20.5. The van der Waals surface area contributed by atoms with E-state index in [0.717, 1.165) is 16.5 Å². The predicted molar refractivity (Wildman–Crippen MR) is 103 cm³/mol. The molecule has 28 heavy (non-hydrogen) atoms. The average molecular weight is 380 g/mol. The quantitative estimate of drug-likeness (QED) is 0.628. The summed E-state index contributed by atoms with van der Waals surface area (Å²) in [6.07, 6.45) is 1.60. The van der Waals surface area contributed by atoms with Crippen molar-refractivity contribution in [3.05, 3.63) is 65.4 Å². The number of hydrogen-bond donors (Lipinski definition) is 0. The molecule has 3 aromatic rings. The Morgan fingerprint density at radius 1 is 1.25 bits per heavy atom. The van der Waals surface area contributed by atoms with Gasteiger partial charge in [-0.05, 0) is 37.6 Å². The van der Waals surface area contributed by atoms with Gasteiger partial charge in [-0.1, -0.05) is 29.8 Å². The highest BCUT2D eigenvalue weighted by Gasteiger charge is 2.33. The number of benzene rings is 2. The highest BCUT2D eigenvalue weighted by atomic mass is 19.3. The van der Waals surface area contributed by atoms with Gasteiger partial charge in [0.2, 0.25) is 0 Å². The molecule has 0 aliphatic rings. The lowest BCUT2D eigenvalue weighted by molar-refractivity contribution is -0.139. The molecule has 2 aromatic carbocycles. The van der Waals surface area contributed by atoms with Gasteiger partial charge in [0.05, 0.1) is 23.3 Å². The van der Waals surface area contributed by atoms with Crippen LogP contribution in [0.2, 0.25) is 0 Å². The third-order valence-electron chi connectivity index (χ3n) is 4.41. The van der Waals surface area contributed by atoms with Crippen LogP contribution in [0, 0.1) is 18.3 Å². The molecule has 0 aliphatic carbocycles. The SMILES string of the molecule is CC(=NC(=O)C(C)(F)F)[C@@H](c1ccc(C)cc1)n1ncc2cc(C#N)ccc21. The number of aliphatic imine (C=N–C) groups is 1. The summed E-state index contributed by atoms with van der Waals surface area (Å²) in [5.41, 5.74) is 3.19. The number of halogens is 2. The Hall–Kier alpha value is -3.40. The Morgan fingerprint density at radius 3 is 2.54 bits per heavy atom. The molecular weight excluding hydrogens is 362 g/mol. The summed E-state index contributed by atoms with van der Waals surface area (Å²) in [7, 11) is 0. The van der Waals surface area contributed by atoms with Crippen LogP contribution in [0.3, 0.4) is 0 Å². The van der Waals surface area contributed by atoms with E-state index in [1.54, 1.807) is 29.1 Å². The maximum Gasteiger partial charge on any atom is 0.324 e. The number of nitrogens with zero attached hydrogens (tertiary/aromatic N) is 4. The Bertz CT molecular complexity index is 1100. The van der Waals surface area contributed by atoms with Crippen molar-refractivity contribution in [3.8, 4) is 6.07 Å². The second-order valence-electron chi connectivity index (χ2n) is 6.73. The molecule has 1 amide bonds. The molecule has 0 aliphatic heterocycles. The van der Waals surface area contributed by atoms with Crippen molar-refractivity contribution >= 4 is 22.5 Å². The van der Waals surface area contributed by atoms with Gasteiger partial charge < -0.3 is 0 Å². The maximum atomic E-state index is 13.4. The lowest BCUT2D eigenvalue weighted by atomic mass is 10.0. The van der Waals surface area contributed by atoms with Gasteiger partial charge in [-0.15, -0.1) is 0 Å². The minimum Gasteiger partial charge on any atom is -0.266 e. The third kappa shape index (κ3) is 3.81. The first-order chi connectivity index (χ1) is 13.2. The minimum atomic E-state index is -3.55. The summed E-state index contributed by atoms with van der Waals surface area (Å²) >= 11 is 0. The van der Waals surface area contributed by atoms with Crippen molar-refractivity contribution in [1.82, 2.24) is 9.78 Å². The fourth-order valence-corrected chi connectivity index (χ4v) is 2.96. The standard InChI is InChI=1S/C21H18F2N4O/c1-13-4-7-16(8-5-13)19(14(2)26-20(28)21(3,22)23)27-18-9-6-15(11-24)10-17(18)12-25-27/h4-10,12,19H,1-3H3/t19-/m0/s1. The normalized spacial score (nSPS) is 13.4. The molecule has 3 rings (SSSR count). The molecule has 0 bridgehead atoms. The first-order valence-electron chi connectivity index (χ1n) is 8.62. The molecule has 142 valence electrons. The number of carbonyl (C=O) groups excluding carboxylic acids is 1. The monoisotopic (exact) mass is 380 g/mol. The van der Waals surface area contributed by atoms with E-state index in [9.17, 15) is 13.6 Å². The summed E-state index contributed by atoms with van der Waals surface area (Å²) in [4.78, 5) is 15.4. The fourth-order valence-electron chi connectivity index (χ4n) is 2.96. The van der Waals surface area contributed by atoms with E-state index in [1.165, 1.54) is 6.92 Å². The second kappa shape index (κ2) is 7.31. The molecule has 0 fully saturated rings. The first-order valence-corrected chi connectivity index (χ1v) is 8.62. The van der Waals surface area contributed by atoms with Crippen molar-refractivity contribution in [1.29, 1.82) is 5.26 Å². The van der Waals surface area contributed by atoms with E-state index in [0.29, 0.717) is 18.0 Å². The lowest BCUT2D eigenvalue weighted by Gasteiger charge is -2.20. The van der Waals surface area contributed by atoms with Crippen LogP contribution in [0.5, 0.6) is 0 Å². The van der Waals surface area contributed by atoms with Gasteiger partial charge in [-0.3, -0.25) is 9.48 Å². The Balaban J connectivity index is 2.17. The molecule has 0 N–H and O–H groups in total. The van der Waals surface area contributed by atoms with Crippen molar-refractivity contribution in [2.45, 2.75) is 32.7 Å². The van der Waals surface area contributed by atoms with Crippen LogP contribution in [0.25, 0.3) is 10.9 Å². The van der Waals surface area contributed by atoms with E-state index < -0.39 is 17.9 Å². The van der Waals surface area contributed by atoms with E-state index >= 15 is 0 Å². The molecule has 7 heteroatoms. The number of rotatable bonds is 4. The van der Waals surface area contributed by atoms with E-state index in [1.807, 2.05) is 31.2 Å². The smallest absolute Gasteiger partial charge is 0.266 e. The average Bonchev–Trinajstić information content (AvgIpc) is 3.05. The summed E-state index contributed by atoms with van der Waals surface area (Å²) in [5, 5.41) is 14.2. The van der Waals surface area contributed by atoms with Gasteiger partial charge in [-0.25, -0.2) is 4.99 Å². The Morgan fingerprint density at radius 2 is 1.93 bits per heavy atom. The first kappa shape index (κ1) is 19.4. The van der Waals surface area contributed by atoms with Crippen LogP contribution in [0.1, 0.15) is 36.6 Å². The highest BCUT2D eigenvalue weighted by molar-refractivity contribution is 6.00. The van der Waals surface area contributed by atoms with Crippen LogP contribution in [-0.2, 0) is 4.79 Å². The number of nitriles is 1. The van der Waals surface area contributed by atoms with Gasteiger partial charge in [-0.2, -0.15) is 19.1 Å². The zero-order valence-electron chi connectivity index (χ0n) is 15.6. The molecule has 0 radical (unpaired) electrons. The Labute approximate surface area is 160 Å². The van der Waals surface area contributed by atoms with Crippen LogP contribution in [0.4, 0.5) is 8.78 Å². The zero-order valence-corrected chi connectivity index (χ0v) is 15.6. The van der Waals surface area contributed by atoms with Gasteiger partial charge in [0.25, 0.3) is 0 Å². The summed E-state index contributed by atoms with van der Waals surface area (Å²) in [6, 6.07) is 14.0. The van der Waals surface area contributed by atoms with Crippen LogP contribution >= 0.6 is 0 Å². The number of hydrogen-bond acceptors (Lipinski definition) is 3. The third-order valence-corrected chi connectivity index (χ3v) is 4.41. The minimum absolute atomic E-state index is 0.199. The molecule has 1 atom stereocenters. The second-order valence-corrected chi connectivity index (χ2v) is 6.73. The van der Waals surface area contributed by atoms with Gasteiger partial charge in [0, 0.05) is 18.0 Å². The topological polar surface area (TPSA) is 71.0 Å². The molecule has 0 unspecified atom stereocenters. The number of aromatic nitrogens is 2. The van der Waals surface area contributed by atoms with Crippen LogP contribution in [-0.4, -0.2) is 27.3 Å². The van der Waals surface area contributed by atoms with Crippen LogP contribution in [0.15, 0.2) is 53.7 Å². The van der Waals surface area contributed by atoms with E-state index in [2.05, 4.69) is 16.2 Å². The highest BCUT2D eigenvalue weighted by Crippen LogP contribution is 2.27. The summed E-state index contributed by atoms with van der Waals surface area (Å²) in [6.45, 7) is 4.00. The molecular formula is C21H18F2N4O. The summed E-state index contributed by atoms with van der Waals surface area (Å²) in [5.74, 6) is -5.04. The number of alkyl halides is 2. The maximum absolute atomic E-state index is 13.4. The molecule has 0 spiro atoms. The summed E-state index contributed by atoms with van der Waals surface area (Å²) < 4.78 is 28.4. The van der Waals surface area contributed by atoms with Crippen molar-refractivity contribution in [2.75, 3.05) is 0 Å². The van der Waals surface area contributed by atoms with Gasteiger partial charge in [0.1, 0.15) is 6.04 Å². The van der Waals surface area contributed by atoms with Gasteiger partial charge in [0.15, 0.2) is 0 Å². The van der Waals surface area contributed by atoms with E-state index in [4.69, 9.17) is 5.26 Å². The largest absolute Gasteiger partial charge is 0.324 e. The lowest BCUT2D eigenvalue weighted by Crippen LogP contribution is -2.26. The molecule has 0 saturated heterocycles. The van der Waals surface area contributed by atoms with Crippen molar-refractivity contribution < 1.29 is 13.6 Å². The number of aryl methyl sites for hydroxylation is 1. The number of amides is 1. The van der Waals surface area contributed by atoms with Crippen molar-refractivity contribution in [3.63, 3.8) is 0 Å². The number of carbonyl (C=O) groups is 1. The molecule has 1 heterocycles. The molecule has 0 saturated carbocycles. The van der Waals surface area contributed by atoms with Gasteiger partial charge >= 0.3 is 11.8 Å². The fraction of sp³-hybridized carbons (Fsp3) is 0.238. The Kier molecular flexibility index (Phi) is 5.06. The van der Waals surface area contributed by atoms with Crippen LogP contribution < -0.4 is 0 Å². The predicted octanol–water partition coefficient (Wildman–Crippen LogP) is 4.45.